The van der Waals surface area contributed by atoms with Crippen LogP contribution >= 0.6 is 0 Å². The minimum absolute atomic E-state index is 0.449. The van der Waals surface area contributed by atoms with E-state index in [0.717, 1.165) is 17.3 Å². The number of imidazole rings is 1. The van der Waals surface area contributed by atoms with Gasteiger partial charge >= 0.3 is 0 Å². The Balaban J connectivity index is 2.30. The molecule has 1 aliphatic rings. The van der Waals surface area contributed by atoms with E-state index < -0.39 is 0 Å². The molecule has 0 atom stereocenters. The molecule has 3 heteroatoms. The number of rotatable bonds is 2. The highest BCUT2D eigenvalue weighted by Gasteiger charge is 2.23. The molecule has 0 bridgehead atoms. The van der Waals surface area contributed by atoms with Crippen molar-refractivity contribution in [3.63, 3.8) is 0 Å². The normalized spacial score (nSPS) is 18.2. The van der Waals surface area contributed by atoms with Crippen LogP contribution in [-0.4, -0.2) is 9.55 Å². The Morgan fingerprint density at radius 1 is 1.25 bits per heavy atom. The first kappa shape index (κ1) is 11.5. The van der Waals surface area contributed by atoms with E-state index in [1.807, 2.05) is 7.05 Å². The van der Waals surface area contributed by atoms with Crippen LogP contribution in [0.4, 0.5) is 5.82 Å². The molecule has 0 aromatic carbocycles. The average Bonchev–Trinajstić information content (AvgIpc) is 2.58. The lowest BCUT2D eigenvalue weighted by molar-refractivity contribution is 0.438. The summed E-state index contributed by atoms with van der Waals surface area (Å²) in [6.45, 7) is 4.35. The summed E-state index contributed by atoms with van der Waals surface area (Å²) in [4.78, 5) is 4.77. The standard InChI is InChI=1S/C13H23N3/c1-9(2)13-15-11(12(14)16(13)3)10-7-5-4-6-8-10/h9-10H,4-8,14H2,1-3H3. The fourth-order valence-corrected chi connectivity index (χ4v) is 2.74. The Kier molecular flexibility index (Phi) is 3.22. The van der Waals surface area contributed by atoms with Crippen molar-refractivity contribution in [1.29, 1.82) is 0 Å². The van der Waals surface area contributed by atoms with Gasteiger partial charge in [-0.05, 0) is 12.8 Å². The van der Waals surface area contributed by atoms with E-state index in [0.29, 0.717) is 11.8 Å². The van der Waals surface area contributed by atoms with Gasteiger partial charge in [-0.2, -0.15) is 0 Å². The Bertz CT molecular complexity index is 359. The van der Waals surface area contributed by atoms with Crippen molar-refractivity contribution >= 4 is 5.82 Å². The first-order valence-electron chi connectivity index (χ1n) is 6.43. The van der Waals surface area contributed by atoms with Gasteiger partial charge in [-0.3, -0.25) is 0 Å². The zero-order chi connectivity index (χ0) is 11.7. The summed E-state index contributed by atoms with van der Waals surface area (Å²) in [5.74, 6) is 3.06. The van der Waals surface area contributed by atoms with Crippen LogP contribution < -0.4 is 5.73 Å². The van der Waals surface area contributed by atoms with Gasteiger partial charge in [0.25, 0.3) is 0 Å². The highest BCUT2D eigenvalue weighted by atomic mass is 15.1. The molecule has 1 aromatic heterocycles. The van der Waals surface area contributed by atoms with Crippen LogP contribution in [0, 0.1) is 0 Å². The number of hydrogen-bond acceptors (Lipinski definition) is 2. The molecule has 2 rings (SSSR count). The third kappa shape index (κ3) is 1.95. The number of nitrogens with zero attached hydrogens (tertiary/aromatic N) is 2. The molecule has 3 nitrogen and oxygen atoms in total. The monoisotopic (exact) mass is 221 g/mol. The largest absolute Gasteiger partial charge is 0.384 e. The van der Waals surface area contributed by atoms with Gasteiger partial charge in [0, 0.05) is 18.9 Å². The number of aromatic nitrogens is 2. The van der Waals surface area contributed by atoms with E-state index in [2.05, 4.69) is 18.4 Å². The van der Waals surface area contributed by atoms with Crippen molar-refractivity contribution in [2.24, 2.45) is 7.05 Å². The van der Waals surface area contributed by atoms with Crippen molar-refractivity contribution in [3.05, 3.63) is 11.5 Å². The van der Waals surface area contributed by atoms with Gasteiger partial charge in [0.05, 0.1) is 5.69 Å². The molecule has 0 aliphatic heterocycles. The molecule has 1 fully saturated rings. The van der Waals surface area contributed by atoms with E-state index in [1.54, 1.807) is 0 Å². The van der Waals surface area contributed by atoms with Gasteiger partial charge in [-0.25, -0.2) is 4.98 Å². The minimum atomic E-state index is 0.449. The third-order valence-electron chi connectivity index (χ3n) is 3.71. The van der Waals surface area contributed by atoms with Gasteiger partial charge in [-0.1, -0.05) is 33.1 Å². The topological polar surface area (TPSA) is 43.8 Å². The van der Waals surface area contributed by atoms with E-state index in [9.17, 15) is 0 Å². The summed E-state index contributed by atoms with van der Waals surface area (Å²) < 4.78 is 2.06. The Morgan fingerprint density at radius 3 is 2.38 bits per heavy atom. The Morgan fingerprint density at radius 2 is 1.88 bits per heavy atom. The number of nitrogen functional groups attached to an aromatic ring is 1. The van der Waals surface area contributed by atoms with Gasteiger partial charge in [0.15, 0.2) is 0 Å². The van der Waals surface area contributed by atoms with Gasteiger partial charge in [-0.15, -0.1) is 0 Å². The lowest BCUT2D eigenvalue weighted by Crippen LogP contribution is -2.08. The van der Waals surface area contributed by atoms with E-state index in [4.69, 9.17) is 10.7 Å². The molecule has 1 aliphatic carbocycles. The molecule has 1 heterocycles. The molecular formula is C13H23N3. The van der Waals surface area contributed by atoms with Crippen LogP contribution in [0.2, 0.25) is 0 Å². The van der Waals surface area contributed by atoms with Crippen LogP contribution in [0.25, 0.3) is 0 Å². The SMILES string of the molecule is CC(C)c1nc(C2CCCCC2)c(N)n1C. The van der Waals surface area contributed by atoms with Crippen LogP contribution in [-0.2, 0) is 7.05 Å². The van der Waals surface area contributed by atoms with Crippen LogP contribution in [0.15, 0.2) is 0 Å². The third-order valence-corrected chi connectivity index (χ3v) is 3.71. The predicted molar refractivity (Wildman–Crippen MR) is 67.5 cm³/mol. The lowest BCUT2D eigenvalue weighted by Gasteiger charge is -2.20. The molecule has 0 amide bonds. The zero-order valence-corrected chi connectivity index (χ0v) is 10.7. The minimum Gasteiger partial charge on any atom is -0.384 e. The van der Waals surface area contributed by atoms with E-state index in [1.165, 1.54) is 32.1 Å². The second-order valence-corrected chi connectivity index (χ2v) is 5.29. The highest BCUT2D eigenvalue weighted by molar-refractivity contribution is 5.41. The van der Waals surface area contributed by atoms with Crippen molar-refractivity contribution in [1.82, 2.24) is 9.55 Å². The van der Waals surface area contributed by atoms with Crippen molar-refractivity contribution in [2.45, 2.75) is 57.8 Å². The fourth-order valence-electron chi connectivity index (χ4n) is 2.74. The highest BCUT2D eigenvalue weighted by Crippen LogP contribution is 2.35. The van der Waals surface area contributed by atoms with Gasteiger partial charge < -0.3 is 10.3 Å². The first-order chi connectivity index (χ1) is 7.61. The van der Waals surface area contributed by atoms with E-state index in [-0.39, 0.29) is 0 Å². The fraction of sp³-hybridized carbons (Fsp3) is 0.769. The average molecular weight is 221 g/mol. The van der Waals surface area contributed by atoms with Crippen molar-refractivity contribution in [3.8, 4) is 0 Å². The summed E-state index contributed by atoms with van der Waals surface area (Å²) in [6.07, 6.45) is 6.56. The molecule has 0 spiro atoms. The number of nitrogens with two attached hydrogens (primary N) is 1. The molecular weight excluding hydrogens is 198 g/mol. The second-order valence-electron chi connectivity index (χ2n) is 5.29. The van der Waals surface area contributed by atoms with Crippen molar-refractivity contribution < 1.29 is 0 Å². The molecule has 0 radical (unpaired) electrons. The summed E-state index contributed by atoms with van der Waals surface area (Å²) in [6, 6.07) is 0. The summed E-state index contributed by atoms with van der Waals surface area (Å²) in [5, 5.41) is 0. The van der Waals surface area contributed by atoms with Crippen LogP contribution in [0.5, 0.6) is 0 Å². The molecule has 1 saturated carbocycles. The smallest absolute Gasteiger partial charge is 0.126 e. The molecule has 2 N–H and O–H groups in total. The summed E-state index contributed by atoms with van der Waals surface area (Å²) >= 11 is 0. The Labute approximate surface area is 98.1 Å². The number of hydrogen-bond donors (Lipinski definition) is 1. The number of anilines is 1. The maximum absolute atomic E-state index is 6.17. The van der Waals surface area contributed by atoms with Crippen LogP contribution in [0.1, 0.15) is 69.3 Å². The van der Waals surface area contributed by atoms with E-state index >= 15 is 0 Å². The summed E-state index contributed by atoms with van der Waals surface area (Å²) in [7, 11) is 2.03. The molecule has 0 saturated heterocycles. The van der Waals surface area contributed by atoms with Gasteiger partial charge in [0.2, 0.25) is 0 Å². The van der Waals surface area contributed by atoms with Crippen LogP contribution in [0.3, 0.4) is 0 Å². The molecule has 0 unspecified atom stereocenters. The van der Waals surface area contributed by atoms with Crippen molar-refractivity contribution in [2.75, 3.05) is 5.73 Å². The molecule has 1 aromatic rings. The maximum atomic E-state index is 6.17. The predicted octanol–water partition coefficient (Wildman–Crippen LogP) is 3.17. The molecule has 90 valence electrons. The second kappa shape index (κ2) is 4.48. The molecule has 16 heavy (non-hydrogen) atoms. The zero-order valence-electron chi connectivity index (χ0n) is 10.7. The maximum Gasteiger partial charge on any atom is 0.126 e. The first-order valence-corrected chi connectivity index (χ1v) is 6.43. The quantitative estimate of drug-likeness (QED) is 0.833. The summed E-state index contributed by atoms with van der Waals surface area (Å²) in [5.41, 5.74) is 7.33. The Hall–Kier alpha value is -0.990. The van der Waals surface area contributed by atoms with Gasteiger partial charge in [0.1, 0.15) is 11.6 Å². The lowest BCUT2D eigenvalue weighted by atomic mass is 9.87.